The lowest BCUT2D eigenvalue weighted by Crippen LogP contribution is -1.91. The van der Waals surface area contributed by atoms with Crippen molar-refractivity contribution >= 4 is 43.5 Å². The van der Waals surface area contributed by atoms with Gasteiger partial charge in [0, 0.05) is 10.8 Å². The molecule has 1 heterocycles. The number of benzene rings is 8. The molecule has 210 valence electrons. The predicted molar refractivity (Wildman–Crippen MR) is 190 cm³/mol. The average molecular weight is 601 g/mol. The summed E-state index contributed by atoms with van der Waals surface area (Å²) in [5.41, 5.74) is -7.40. The molecule has 0 N–H and O–H groups in total. The van der Waals surface area contributed by atoms with E-state index in [1.165, 1.54) is 0 Å². The zero-order chi connectivity index (χ0) is 54.1. The minimum atomic E-state index is -1.09. The Morgan fingerprint density at radius 1 is 0.289 bits per heavy atom. The summed E-state index contributed by atoms with van der Waals surface area (Å²) in [5, 5.41) is -4.02. The van der Waals surface area contributed by atoms with Crippen LogP contribution in [0.25, 0.3) is 88.0 Å². The maximum absolute atomic E-state index is 9.81. The van der Waals surface area contributed by atoms with E-state index in [0.29, 0.717) is 0 Å². The number of fused-ring (bicyclic) bond motifs is 5. The van der Waals surface area contributed by atoms with Crippen LogP contribution in [0, 0.1) is 0 Å². The quantitative estimate of drug-likeness (QED) is 0.183. The molecule has 0 bridgehead atoms. The van der Waals surface area contributed by atoms with E-state index < -0.39 is 257 Å². The van der Waals surface area contributed by atoms with Crippen LogP contribution in [0.2, 0.25) is 0 Å². The van der Waals surface area contributed by atoms with Crippen LogP contribution in [0.4, 0.5) is 0 Å². The zero-order valence-corrected chi connectivity index (χ0v) is 22.4. The largest absolute Gasteiger partial charge is 0.456 e. The van der Waals surface area contributed by atoms with Gasteiger partial charge in [0.05, 0.1) is 38.4 Å². The van der Waals surface area contributed by atoms with Crippen molar-refractivity contribution < 1.29 is 42.8 Å². The van der Waals surface area contributed by atoms with Crippen molar-refractivity contribution in [1.82, 2.24) is 0 Å². The summed E-state index contributed by atoms with van der Waals surface area (Å²) in [4.78, 5) is 0. The van der Waals surface area contributed by atoms with E-state index >= 15 is 0 Å². The van der Waals surface area contributed by atoms with Gasteiger partial charge in [-0.15, -0.1) is 0 Å². The molecule has 0 saturated heterocycles. The minimum Gasteiger partial charge on any atom is -0.456 e. The first-order valence-electron chi connectivity index (χ1n) is 27.2. The van der Waals surface area contributed by atoms with Crippen molar-refractivity contribution in [3.63, 3.8) is 0 Å². The second-order valence-electron chi connectivity index (χ2n) is 9.51. The molecule has 0 aliphatic heterocycles. The first-order chi connectivity index (χ1) is 34.0. The molecule has 0 saturated carbocycles. The first kappa shape index (κ1) is 10.1. The molecule has 0 amide bonds. The van der Waals surface area contributed by atoms with E-state index in [9.17, 15) is 11.0 Å². The monoisotopic (exact) mass is 600 g/mol. The fourth-order valence-corrected chi connectivity index (χ4v) is 5.11. The number of rotatable bonds is 4. The molecular weight excluding hydrogens is 544 g/mol. The molecule has 8 aromatic carbocycles. The number of furan rings is 1. The molecule has 1 heteroatoms. The summed E-state index contributed by atoms with van der Waals surface area (Å²) >= 11 is 0. The Hall–Kier alpha value is -5.92. The Bertz CT molecular complexity index is 3980. The van der Waals surface area contributed by atoms with Crippen LogP contribution >= 0.6 is 0 Å². The second-order valence-corrected chi connectivity index (χ2v) is 9.51. The van der Waals surface area contributed by atoms with Crippen molar-refractivity contribution in [3.05, 3.63) is 169 Å². The highest BCUT2D eigenvalue weighted by atomic mass is 16.3. The predicted octanol–water partition coefficient (Wildman–Crippen LogP) is 12.6. The highest BCUT2D eigenvalue weighted by molar-refractivity contribution is 6.21. The van der Waals surface area contributed by atoms with Crippen LogP contribution in [0.5, 0.6) is 0 Å². The molecule has 0 unspecified atom stereocenters. The van der Waals surface area contributed by atoms with E-state index in [0.717, 1.165) is 0 Å². The van der Waals surface area contributed by atoms with Crippen molar-refractivity contribution in [2.24, 2.45) is 0 Å². The van der Waals surface area contributed by atoms with Gasteiger partial charge in [-0.25, -0.2) is 0 Å². The van der Waals surface area contributed by atoms with Gasteiger partial charge in [0.2, 0.25) is 0 Å². The van der Waals surface area contributed by atoms with Crippen LogP contribution in [-0.2, 0) is 0 Å². The summed E-state index contributed by atoms with van der Waals surface area (Å²) in [6.07, 6.45) is 0. The van der Waals surface area contributed by atoms with Crippen molar-refractivity contribution in [1.29, 1.82) is 0 Å². The SMILES string of the molecule is [2H]c1c([2H])c([2H])c(-c2c([2H])c([2H])c3c(oc4c([2H])c([2H])c(-c5c([2H])c([2H])c([2H])c(-c6c7c([2H])c([2H])c([2H])c([2H])c7c(-c7c([2H])c([2H])c([2H])c([2H])c7[2H])c7c([2H])c([2H])c([2H])c([2H])c67)c5[2H])c([2H])c43)c2[2H])c([2H])c1[2H]. The molecule has 9 aromatic rings. The van der Waals surface area contributed by atoms with E-state index in [4.69, 9.17) is 31.8 Å². The summed E-state index contributed by atoms with van der Waals surface area (Å²) in [6, 6.07) is -26.3. The standard InChI is InChI=1S/C44H28O/c1-3-12-29(13-4-1)33-22-24-35-40-27-32(23-25-41(40)45-42(35)28-33)31-16-11-17-34(26-31)44-38-20-9-7-18-36(38)43(30-14-5-2-6-15-30)37-19-8-10-21-39(37)44/h1-28H/i1D,2D,3D,4D,5D,6D,7D,8D,9D,10D,11D,12D,13D,14D,15D,16D,17D,18D,19D,20D,21D,22D,23D,24D,25D,26D,27D,28D. The van der Waals surface area contributed by atoms with E-state index in [1.807, 2.05) is 0 Å². The van der Waals surface area contributed by atoms with Gasteiger partial charge < -0.3 is 4.42 Å². The van der Waals surface area contributed by atoms with Gasteiger partial charge in [0.1, 0.15) is 11.2 Å². The van der Waals surface area contributed by atoms with Crippen LogP contribution in [-0.4, -0.2) is 0 Å². The third-order valence-corrected chi connectivity index (χ3v) is 7.01. The topological polar surface area (TPSA) is 13.1 Å². The maximum Gasteiger partial charge on any atom is 0.136 e. The number of hydrogen-bond acceptors (Lipinski definition) is 1. The second kappa shape index (κ2) is 10.4. The normalized spacial score (nSPS) is 20.3. The maximum atomic E-state index is 9.81. The third-order valence-electron chi connectivity index (χ3n) is 7.01. The van der Waals surface area contributed by atoms with Gasteiger partial charge in [-0.05, 0) is 96.3 Å². The molecule has 0 fully saturated rings. The highest BCUT2D eigenvalue weighted by Crippen LogP contribution is 2.44. The van der Waals surface area contributed by atoms with Crippen LogP contribution in [0.3, 0.4) is 0 Å². The van der Waals surface area contributed by atoms with Gasteiger partial charge in [-0.3, -0.25) is 0 Å². The molecule has 1 nitrogen and oxygen atoms in total. The Balaban J connectivity index is 1.50. The lowest BCUT2D eigenvalue weighted by Gasteiger charge is -2.18. The summed E-state index contributed by atoms with van der Waals surface area (Å²) < 4.78 is 255. The Morgan fingerprint density at radius 3 is 1.44 bits per heavy atom. The molecular formula is C44H28O. The lowest BCUT2D eigenvalue weighted by atomic mass is 9.85. The van der Waals surface area contributed by atoms with Crippen molar-refractivity contribution in [2.75, 3.05) is 0 Å². The van der Waals surface area contributed by atoms with Crippen LogP contribution < -0.4 is 0 Å². The molecule has 0 aliphatic rings. The highest BCUT2D eigenvalue weighted by Gasteiger charge is 2.17. The summed E-state index contributed by atoms with van der Waals surface area (Å²) in [6.45, 7) is 0. The van der Waals surface area contributed by atoms with Gasteiger partial charge in [0.25, 0.3) is 0 Å². The van der Waals surface area contributed by atoms with Gasteiger partial charge in [-0.2, -0.15) is 0 Å². The van der Waals surface area contributed by atoms with Crippen molar-refractivity contribution in [2.45, 2.75) is 0 Å². The molecule has 45 heavy (non-hydrogen) atoms. The Morgan fingerprint density at radius 2 is 0.778 bits per heavy atom. The molecule has 0 spiro atoms. The zero-order valence-electron chi connectivity index (χ0n) is 50.4. The Kier molecular flexibility index (Phi) is 2.32. The minimum absolute atomic E-state index is 0.533. The van der Waals surface area contributed by atoms with E-state index in [1.54, 1.807) is 0 Å². The van der Waals surface area contributed by atoms with Gasteiger partial charge in [0.15, 0.2) is 0 Å². The molecule has 0 aliphatic carbocycles. The van der Waals surface area contributed by atoms with Crippen LogP contribution in [0.1, 0.15) is 38.4 Å². The average Bonchev–Trinajstić information content (AvgIpc) is 3.77. The summed E-state index contributed by atoms with van der Waals surface area (Å²) in [5.74, 6) is 0. The Labute approximate surface area is 301 Å². The summed E-state index contributed by atoms with van der Waals surface area (Å²) in [7, 11) is 0. The molecule has 9 rings (SSSR count). The van der Waals surface area contributed by atoms with Crippen LogP contribution in [0.15, 0.2) is 174 Å². The van der Waals surface area contributed by atoms with Gasteiger partial charge >= 0.3 is 0 Å². The molecule has 0 radical (unpaired) electrons. The van der Waals surface area contributed by atoms with Gasteiger partial charge in [-0.1, -0.05) is 139 Å². The smallest absolute Gasteiger partial charge is 0.136 e. The third kappa shape index (κ3) is 4.24. The first-order valence-corrected chi connectivity index (χ1v) is 13.2. The van der Waals surface area contributed by atoms with E-state index in [-0.39, 0.29) is 0 Å². The fraction of sp³-hybridized carbons (Fsp3) is 0. The van der Waals surface area contributed by atoms with Crippen molar-refractivity contribution in [3.8, 4) is 44.5 Å². The number of hydrogen-bond donors (Lipinski definition) is 0. The molecule has 1 aromatic heterocycles. The van der Waals surface area contributed by atoms with E-state index in [2.05, 4.69) is 0 Å². The lowest BCUT2D eigenvalue weighted by molar-refractivity contribution is 0.669. The fourth-order valence-electron chi connectivity index (χ4n) is 5.11. The molecule has 0 atom stereocenters.